The van der Waals surface area contributed by atoms with Crippen LogP contribution in [0.1, 0.15) is 110 Å². The Balaban J connectivity index is 0. The highest BCUT2D eigenvalue weighted by molar-refractivity contribution is 9.09. The van der Waals surface area contributed by atoms with Crippen molar-refractivity contribution in [3.8, 4) is 0 Å². The summed E-state index contributed by atoms with van der Waals surface area (Å²) in [5.74, 6) is 0. The second kappa shape index (κ2) is 21.2. The Morgan fingerprint density at radius 3 is 1.20 bits per heavy atom. The van der Waals surface area contributed by atoms with E-state index in [1.54, 1.807) is 0 Å². The van der Waals surface area contributed by atoms with Crippen LogP contribution in [0, 0.1) is 0 Å². The quantitative estimate of drug-likeness (QED) is 0.141. The zero-order valence-corrected chi connectivity index (χ0v) is 20.8. The van der Waals surface area contributed by atoms with E-state index < -0.39 is 0 Å². The van der Waals surface area contributed by atoms with Gasteiger partial charge in [-0.15, -0.1) is 0 Å². The van der Waals surface area contributed by atoms with E-state index in [9.17, 15) is 0 Å². The first-order chi connectivity index (χ1) is 11.7. The molecule has 0 N–H and O–H groups in total. The lowest BCUT2D eigenvalue weighted by molar-refractivity contribution is -0.910. The molecule has 0 unspecified atom stereocenters. The molecule has 0 fully saturated rings. The van der Waals surface area contributed by atoms with Gasteiger partial charge < -0.3 is 21.5 Å². The smallest absolute Gasteiger partial charge is 0.0792 e. The largest absolute Gasteiger partial charge is 1.00 e. The summed E-state index contributed by atoms with van der Waals surface area (Å²) in [5, 5.41) is 1.16. The standard InChI is InChI=1S/C22H47BrN.BrH/c1-4-6-8-10-12-14-16-20-24(3,22-18-19-23)21-17-15-13-11-9-7-5-2;/h4-22H2,1-3H3;1H/q+1;/p-1. The minimum absolute atomic E-state index is 0. The molecular weight excluding hydrogens is 438 g/mol. The first-order valence-corrected chi connectivity index (χ1v) is 12.2. The SMILES string of the molecule is CCCCCCCCC[N+](C)(CCCBr)CCCCCCCCC.[Br-]. The molecule has 25 heavy (non-hydrogen) atoms. The third-order valence-electron chi connectivity index (χ3n) is 5.43. The zero-order chi connectivity index (χ0) is 17.9. The summed E-state index contributed by atoms with van der Waals surface area (Å²) in [5.41, 5.74) is 0. The van der Waals surface area contributed by atoms with Crippen LogP contribution < -0.4 is 17.0 Å². The highest BCUT2D eigenvalue weighted by Gasteiger charge is 2.19. The molecule has 0 amide bonds. The van der Waals surface area contributed by atoms with Gasteiger partial charge in [0.2, 0.25) is 0 Å². The van der Waals surface area contributed by atoms with Gasteiger partial charge in [0.25, 0.3) is 0 Å². The number of hydrogen-bond donors (Lipinski definition) is 0. The summed E-state index contributed by atoms with van der Waals surface area (Å²) in [6.45, 7) is 8.76. The maximum Gasteiger partial charge on any atom is 0.0792 e. The topological polar surface area (TPSA) is 0 Å². The molecule has 0 aliphatic carbocycles. The monoisotopic (exact) mass is 483 g/mol. The van der Waals surface area contributed by atoms with Gasteiger partial charge in [-0.2, -0.15) is 0 Å². The molecule has 0 saturated carbocycles. The lowest BCUT2D eigenvalue weighted by Crippen LogP contribution is -3.00. The third-order valence-corrected chi connectivity index (χ3v) is 6.00. The molecule has 0 aliphatic heterocycles. The number of unbranched alkanes of at least 4 members (excludes halogenated alkanes) is 12. The van der Waals surface area contributed by atoms with Gasteiger partial charge in [0, 0.05) is 11.8 Å². The van der Waals surface area contributed by atoms with E-state index in [1.165, 1.54) is 120 Å². The normalized spacial score (nSPS) is 11.5. The van der Waals surface area contributed by atoms with Gasteiger partial charge in [-0.05, 0) is 25.7 Å². The van der Waals surface area contributed by atoms with Gasteiger partial charge >= 0.3 is 0 Å². The average molecular weight is 485 g/mol. The lowest BCUT2D eigenvalue weighted by atomic mass is 10.1. The van der Waals surface area contributed by atoms with Gasteiger partial charge in [-0.25, -0.2) is 0 Å². The Morgan fingerprint density at radius 1 is 0.520 bits per heavy atom. The van der Waals surface area contributed by atoms with Crippen molar-refractivity contribution in [3.05, 3.63) is 0 Å². The van der Waals surface area contributed by atoms with Crippen molar-refractivity contribution in [1.29, 1.82) is 0 Å². The van der Waals surface area contributed by atoms with Crippen molar-refractivity contribution < 1.29 is 21.5 Å². The Kier molecular flexibility index (Phi) is 23.9. The highest BCUT2D eigenvalue weighted by Crippen LogP contribution is 2.15. The number of nitrogens with zero attached hydrogens (tertiary/aromatic N) is 1. The summed E-state index contributed by atoms with van der Waals surface area (Å²) in [6.07, 6.45) is 21.4. The first kappa shape index (κ1) is 28.1. The molecule has 0 aromatic carbocycles. The Labute approximate surface area is 179 Å². The second-order valence-corrected chi connectivity index (χ2v) is 8.87. The van der Waals surface area contributed by atoms with Crippen LogP contribution in [0.3, 0.4) is 0 Å². The molecule has 0 bridgehead atoms. The predicted molar refractivity (Wildman–Crippen MR) is 115 cm³/mol. The molecule has 0 aromatic rings. The maximum absolute atomic E-state index is 3.63. The molecule has 0 aromatic heterocycles. The molecule has 0 spiro atoms. The van der Waals surface area contributed by atoms with Crippen LogP contribution >= 0.6 is 15.9 Å². The zero-order valence-electron chi connectivity index (χ0n) is 17.6. The van der Waals surface area contributed by atoms with Crippen molar-refractivity contribution in [2.45, 2.75) is 110 Å². The highest BCUT2D eigenvalue weighted by atomic mass is 79.9. The molecule has 154 valence electrons. The van der Waals surface area contributed by atoms with E-state index in [0.29, 0.717) is 0 Å². The summed E-state index contributed by atoms with van der Waals surface area (Å²) in [4.78, 5) is 0. The van der Waals surface area contributed by atoms with E-state index in [4.69, 9.17) is 0 Å². The van der Waals surface area contributed by atoms with E-state index in [0.717, 1.165) is 5.33 Å². The molecule has 1 nitrogen and oxygen atoms in total. The molecule has 0 radical (unpaired) electrons. The fourth-order valence-electron chi connectivity index (χ4n) is 3.68. The molecule has 0 atom stereocenters. The first-order valence-electron chi connectivity index (χ1n) is 11.1. The minimum atomic E-state index is 0. The lowest BCUT2D eigenvalue weighted by Gasteiger charge is -2.35. The number of quaternary nitrogens is 1. The number of alkyl halides is 1. The van der Waals surface area contributed by atoms with E-state index in [-0.39, 0.29) is 17.0 Å². The molecule has 0 rings (SSSR count). The minimum Gasteiger partial charge on any atom is -1.00 e. The van der Waals surface area contributed by atoms with E-state index in [2.05, 4.69) is 36.8 Å². The van der Waals surface area contributed by atoms with Crippen molar-refractivity contribution in [2.75, 3.05) is 32.0 Å². The fourth-order valence-corrected chi connectivity index (χ4v) is 3.93. The molecule has 0 aliphatic rings. The maximum atomic E-state index is 3.63. The van der Waals surface area contributed by atoms with Crippen molar-refractivity contribution >= 4 is 15.9 Å². The van der Waals surface area contributed by atoms with Gasteiger partial charge in [0.1, 0.15) is 0 Å². The average Bonchev–Trinajstić information content (AvgIpc) is 2.58. The molecular formula is C22H47Br2N. The van der Waals surface area contributed by atoms with Crippen LogP contribution in [0.4, 0.5) is 0 Å². The molecule has 3 heteroatoms. The van der Waals surface area contributed by atoms with Crippen LogP contribution in [0.5, 0.6) is 0 Å². The van der Waals surface area contributed by atoms with Crippen molar-refractivity contribution in [2.24, 2.45) is 0 Å². The van der Waals surface area contributed by atoms with Crippen LogP contribution in [-0.2, 0) is 0 Å². The Bertz CT molecular complexity index is 228. The Hall–Kier alpha value is 0.920. The Morgan fingerprint density at radius 2 is 0.840 bits per heavy atom. The van der Waals surface area contributed by atoms with Crippen LogP contribution in [0.25, 0.3) is 0 Å². The van der Waals surface area contributed by atoms with Crippen LogP contribution in [0.15, 0.2) is 0 Å². The number of halogens is 2. The number of hydrogen-bond acceptors (Lipinski definition) is 0. The van der Waals surface area contributed by atoms with Crippen LogP contribution in [0.2, 0.25) is 0 Å². The molecule has 0 heterocycles. The predicted octanol–water partition coefficient (Wildman–Crippen LogP) is 4.72. The molecule has 0 saturated heterocycles. The number of rotatable bonds is 19. The fraction of sp³-hybridized carbons (Fsp3) is 1.00. The third kappa shape index (κ3) is 19.5. The summed E-state index contributed by atoms with van der Waals surface area (Å²) in [7, 11) is 2.51. The van der Waals surface area contributed by atoms with E-state index in [1.807, 2.05) is 0 Å². The summed E-state index contributed by atoms with van der Waals surface area (Å²) in [6, 6.07) is 0. The summed E-state index contributed by atoms with van der Waals surface area (Å²) < 4.78 is 1.32. The van der Waals surface area contributed by atoms with Crippen LogP contribution in [-0.4, -0.2) is 36.5 Å². The van der Waals surface area contributed by atoms with Gasteiger partial charge in [0.05, 0.1) is 26.7 Å². The summed E-state index contributed by atoms with van der Waals surface area (Å²) >= 11 is 3.63. The van der Waals surface area contributed by atoms with E-state index >= 15 is 0 Å². The van der Waals surface area contributed by atoms with Crippen molar-refractivity contribution in [3.63, 3.8) is 0 Å². The van der Waals surface area contributed by atoms with Gasteiger partial charge in [0.15, 0.2) is 0 Å². The van der Waals surface area contributed by atoms with Gasteiger partial charge in [-0.1, -0.05) is 94.0 Å². The van der Waals surface area contributed by atoms with Crippen molar-refractivity contribution in [1.82, 2.24) is 0 Å². The van der Waals surface area contributed by atoms with Gasteiger partial charge in [-0.3, -0.25) is 0 Å². The second-order valence-electron chi connectivity index (χ2n) is 8.08.